The van der Waals surface area contributed by atoms with Gasteiger partial charge in [-0.05, 0) is 74.5 Å². The second-order valence-electron chi connectivity index (χ2n) is 7.26. The van der Waals surface area contributed by atoms with Gasteiger partial charge < -0.3 is 15.7 Å². The van der Waals surface area contributed by atoms with Crippen molar-refractivity contribution in [1.82, 2.24) is 15.6 Å². The molecule has 3 rings (SSSR count). The lowest BCUT2D eigenvalue weighted by molar-refractivity contribution is 0.0953. The van der Waals surface area contributed by atoms with Crippen molar-refractivity contribution in [2.45, 2.75) is 51.5 Å². The molecule has 1 saturated heterocycles. The molecule has 1 aromatic carbocycles. The highest BCUT2D eigenvalue weighted by molar-refractivity contribution is 5.94. The number of aromatic nitrogens is 1. The van der Waals surface area contributed by atoms with Crippen molar-refractivity contribution in [2.24, 2.45) is 0 Å². The van der Waals surface area contributed by atoms with Gasteiger partial charge in [-0.3, -0.25) is 9.78 Å². The fraction of sp³-hybridized carbons (Fsp3) is 0.455. The number of rotatable bonds is 7. The first-order valence-corrected chi connectivity index (χ1v) is 9.96. The SMILES string of the molecule is CCCNC(=O)c1ccc(-c2cc(O)cc(CC[C@H]3CCCCN3)c2)nc1. The number of amides is 1. The van der Waals surface area contributed by atoms with Crippen molar-refractivity contribution in [2.75, 3.05) is 13.1 Å². The minimum Gasteiger partial charge on any atom is -0.508 e. The maximum Gasteiger partial charge on any atom is 0.252 e. The van der Waals surface area contributed by atoms with Gasteiger partial charge in [-0.2, -0.15) is 0 Å². The highest BCUT2D eigenvalue weighted by Gasteiger charge is 2.13. The fourth-order valence-corrected chi connectivity index (χ4v) is 3.52. The number of nitrogens with zero attached hydrogens (tertiary/aromatic N) is 1. The molecule has 5 nitrogen and oxygen atoms in total. The van der Waals surface area contributed by atoms with Crippen LogP contribution < -0.4 is 10.6 Å². The molecule has 27 heavy (non-hydrogen) atoms. The van der Waals surface area contributed by atoms with Gasteiger partial charge >= 0.3 is 0 Å². The van der Waals surface area contributed by atoms with Gasteiger partial charge in [-0.15, -0.1) is 0 Å². The van der Waals surface area contributed by atoms with Gasteiger partial charge in [0.15, 0.2) is 0 Å². The first-order valence-electron chi connectivity index (χ1n) is 9.96. The summed E-state index contributed by atoms with van der Waals surface area (Å²) in [4.78, 5) is 16.4. The van der Waals surface area contributed by atoms with E-state index in [-0.39, 0.29) is 11.7 Å². The molecule has 1 fully saturated rings. The Labute approximate surface area is 161 Å². The van der Waals surface area contributed by atoms with Crippen LogP contribution in [-0.4, -0.2) is 35.1 Å². The normalized spacial score (nSPS) is 16.9. The van der Waals surface area contributed by atoms with Crippen molar-refractivity contribution < 1.29 is 9.90 Å². The number of benzene rings is 1. The predicted octanol–water partition coefficient (Wildman–Crippen LogP) is 3.67. The molecule has 2 heterocycles. The van der Waals surface area contributed by atoms with Gasteiger partial charge in [0.2, 0.25) is 0 Å². The van der Waals surface area contributed by atoms with Crippen molar-refractivity contribution in [1.29, 1.82) is 0 Å². The zero-order valence-electron chi connectivity index (χ0n) is 16.0. The molecule has 3 N–H and O–H groups in total. The lowest BCUT2D eigenvalue weighted by Gasteiger charge is -2.23. The van der Waals surface area contributed by atoms with E-state index in [1.54, 1.807) is 18.3 Å². The summed E-state index contributed by atoms with van der Waals surface area (Å²) >= 11 is 0. The van der Waals surface area contributed by atoms with Crippen LogP contribution in [0.5, 0.6) is 5.75 Å². The molecule has 0 bridgehead atoms. The molecule has 0 radical (unpaired) electrons. The van der Waals surface area contributed by atoms with E-state index < -0.39 is 0 Å². The molecule has 2 aromatic rings. The molecule has 1 atom stereocenters. The summed E-state index contributed by atoms with van der Waals surface area (Å²) in [6.45, 7) is 3.79. The number of pyridine rings is 1. The van der Waals surface area contributed by atoms with Crippen LogP contribution in [0, 0.1) is 0 Å². The summed E-state index contributed by atoms with van der Waals surface area (Å²) < 4.78 is 0. The highest BCUT2D eigenvalue weighted by Crippen LogP contribution is 2.25. The first-order chi connectivity index (χ1) is 13.2. The number of phenols is 1. The molecule has 1 aliphatic rings. The summed E-state index contributed by atoms with van der Waals surface area (Å²) in [7, 11) is 0. The maximum absolute atomic E-state index is 12.0. The molecule has 144 valence electrons. The van der Waals surface area contributed by atoms with Gasteiger partial charge in [-0.25, -0.2) is 0 Å². The van der Waals surface area contributed by atoms with Crippen LogP contribution >= 0.6 is 0 Å². The summed E-state index contributed by atoms with van der Waals surface area (Å²) in [5, 5.41) is 16.5. The minimum absolute atomic E-state index is 0.104. The second kappa shape index (κ2) is 9.51. The van der Waals surface area contributed by atoms with Gasteiger partial charge in [0, 0.05) is 24.3 Å². The Bertz CT molecular complexity index is 753. The summed E-state index contributed by atoms with van der Waals surface area (Å²) in [6, 6.07) is 9.83. The molecule has 1 amide bonds. The summed E-state index contributed by atoms with van der Waals surface area (Å²) in [5.41, 5.74) is 3.30. The van der Waals surface area contributed by atoms with Gasteiger partial charge in [0.25, 0.3) is 5.91 Å². The summed E-state index contributed by atoms with van der Waals surface area (Å²) in [5.74, 6) is 0.151. The quantitative estimate of drug-likeness (QED) is 0.698. The van der Waals surface area contributed by atoms with Crippen molar-refractivity contribution in [3.05, 3.63) is 47.7 Å². The van der Waals surface area contributed by atoms with Crippen LogP contribution in [0.1, 0.15) is 54.9 Å². The zero-order valence-corrected chi connectivity index (χ0v) is 16.0. The average molecular weight is 367 g/mol. The number of phenolic OH excluding ortho intramolecular Hbond substituents is 1. The Hall–Kier alpha value is -2.40. The van der Waals surface area contributed by atoms with E-state index in [2.05, 4.69) is 21.7 Å². The largest absolute Gasteiger partial charge is 0.508 e. The van der Waals surface area contributed by atoms with E-state index in [1.807, 2.05) is 19.1 Å². The monoisotopic (exact) mass is 367 g/mol. The fourth-order valence-electron chi connectivity index (χ4n) is 3.52. The molecular formula is C22H29N3O2. The highest BCUT2D eigenvalue weighted by atomic mass is 16.3. The number of carbonyl (C=O) groups excluding carboxylic acids is 1. The van der Waals surface area contributed by atoms with E-state index in [0.717, 1.165) is 42.6 Å². The molecule has 1 aliphatic heterocycles. The molecule has 1 aromatic heterocycles. The molecule has 5 heteroatoms. The Kier molecular flexibility index (Phi) is 6.82. The number of aromatic hydroxyl groups is 1. The van der Waals surface area contributed by atoms with Crippen molar-refractivity contribution in [3.63, 3.8) is 0 Å². The van der Waals surface area contributed by atoms with E-state index in [1.165, 1.54) is 19.3 Å². The lowest BCUT2D eigenvalue weighted by Crippen LogP contribution is -2.34. The zero-order chi connectivity index (χ0) is 19.1. The number of aryl methyl sites for hydroxylation is 1. The Morgan fingerprint density at radius 3 is 2.89 bits per heavy atom. The van der Waals surface area contributed by atoms with E-state index in [9.17, 15) is 9.90 Å². The van der Waals surface area contributed by atoms with Gasteiger partial charge in [0.05, 0.1) is 11.3 Å². The standard InChI is InChI=1S/C22H29N3O2/c1-2-10-24-22(27)17-7-9-21(25-15-17)18-12-16(13-20(26)14-18)6-8-19-5-3-4-11-23-19/h7,9,12-15,19,23,26H,2-6,8,10-11H2,1H3,(H,24,27)/t19-/m1/s1. The van der Waals surface area contributed by atoms with Gasteiger partial charge in [-0.1, -0.05) is 13.3 Å². The topological polar surface area (TPSA) is 74.2 Å². The third-order valence-corrected chi connectivity index (χ3v) is 5.03. The van der Waals surface area contributed by atoms with Crippen molar-refractivity contribution in [3.8, 4) is 17.0 Å². The van der Waals surface area contributed by atoms with Gasteiger partial charge in [0.1, 0.15) is 5.75 Å². The Morgan fingerprint density at radius 1 is 1.30 bits per heavy atom. The predicted molar refractivity (Wildman–Crippen MR) is 108 cm³/mol. The first kappa shape index (κ1) is 19.4. The lowest BCUT2D eigenvalue weighted by atomic mass is 9.96. The average Bonchev–Trinajstić information content (AvgIpc) is 2.71. The number of hydrogen-bond acceptors (Lipinski definition) is 4. The molecular weight excluding hydrogens is 338 g/mol. The number of nitrogens with one attached hydrogen (secondary N) is 2. The molecule has 0 spiro atoms. The van der Waals surface area contributed by atoms with Crippen LogP contribution in [0.4, 0.5) is 0 Å². The Morgan fingerprint density at radius 2 is 2.19 bits per heavy atom. The number of carbonyl (C=O) groups is 1. The van der Waals surface area contributed by atoms with Crippen LogP contribution in [0.15, 0.2) is 36.5 Å². The van der Waals surface area contributed by atoms with E-state index in [0.29, 0.717) is 18.2 Å². The van der Waals surface area contributed by atoms with Crippen LogP contribution in [-0.2, 0) is 6.42 Å². The summed E-state index contributed by atoms with van der Waals surface area (Å²) in [6.07, 6.45) is 8.30. The van der Waals surface area contributed by atoms with Crippen molar-refractivity contribution >= 4 is 5.91 Å². The number of piperidine rings is 1. The van der Waals surface area contributed by atoms with Crippen LogP contribution in [0.2, 0.25) is 0 Å². The maximum atomic E-state index is 12.0. The molecule has 0 saturated carbocycles. The third kappa shape index (κ3) is 5.54. The van der Waals surface area contributed by atoms with E-state index >= 15 is 0 Å². The Balaban J connectivity index is 1.68. The molecule has 0 unspecified atom stereocenters. The number of hydrogen-bond donors (Lipinski definition) is 3. The third-order valence-electron chi connectivity index (χ3n) is 5.03. The minimum atomic E-state index is -0.104. The van der Waals surface area contributed by atoms with Crippen LogP contribution in [0.25, 0.3) is 11.3 Å². The molecule has 0 aliphatic carbocycles. The van der Waals surface area contributed by atoms with Crippen LogP contribution in [0.3, 0.4) is 0 Å². The van der Waals surface area contributed by atoms with E-state index in [4.69, 9.17) is 0 Å². The smallest absolute Gasteiger partial charge is 0.252 e. The second-order valence-corrected chi connectivity index (χ2v) is 7.26.